The van der Waals surface area contributed by atoms with Crippen LogP contribution in [0.1, 0.15) is 0 Å². The second-order valence-electron chi connectivity index (χ2n) is 8.82. The minimum atomic E-state index is -1.85. The van der Waals surface area contributed by atoms with Gasteiger partial charge in [0.05, 0.1) is 19.8 Å². The van der Waals surface area contributed by atoms with Crippen molar-refractivity contribution in [1.82, 2.24) is 0 Å². The second kappa shape index (κ2) is 12.9. The molecule has 16 heteroatoms. The zero-order valence-electron chi connectivity index (χ0n) is 19.7. The summed E-state index contributed by atoms with van der Waals surface area (Å²) in [5.41, 5.74) is 0. The van der Waals surface area contributed by atoms with Crippen molar-refractivity contribution in [3.63, 3.8) is 0 Å². The summed E-state index contributed by atoms with van der Waals surface area (Å²) in [6.45, 7) is -1.60. The average molecular weight is 532 g/mol. The molecule has 3 aliphatic heterocycles. The number of rotatable bonds is 9. The van der Waals surface area contributed by atoms with E-state index in [0.717, 1.165) is 0 Å². The maximum absolute atomic E-state index is 10.7. The van der Waals surface area contributed by atoms with Crippen molar-refractivity contribution in [2.45, 2.75) is 92.1 Å². The molecular formula is C20H36O16. The topological polar surface area (TPSA) is 247 Å². The molecule has 0 aromatic heterocycles. The molecule has 212 valence electrons. The van der Waals surface area contributed by atoms with E-state index in [1.54, 1.807) is 0 Å². The maximum atomic E-state index is 10.7. The highest BCUT2D eigenvalue weighted by Crippen LogP contribution is 2.32. The van der Waals surface area contributed by atoms with Crippen molar-refractivity contribution in [3.8, 4) is 0 Å². The van der Waals surface area contributed by atoms with Crippen LogP contribution in [0.25, 0.3) is 0 Å². The van der Waals surface area contributed by atoms with Crippen LogP contribution in [-0.2, 0) is 33.2 Å². The number of aliphatic hydroxyl groups excluding tert-OH is 9. The third kappa shape index (κ3) is 5.99. The molecular weight excluding hydrogens is 496 g/mol. The lowest BCUT2D eigenvalue weighted by molar-refractivity contribution is -0.378. The quantitative estimate of drug-likeness (QED) is 0.134. The Balaban J connectivity index is 1.71. The van der Waals surface area contributed by atoms with Gasteiger partial charge in [0.15, 0.2) is 18.9 Å². The van der Waals surface area contributed by atoms with E-state index in [4.69, 9.17) is 33.2 Å². The molecule has 15 atom stereocenters. The number of hydrogen-bond donors (Lipinski definition) is 9. The first-order valence-electron chi connectivity index (χ1n) is 11.4. The van der Waals surface area contributed by atoms with Gasteiger partial charge < -0.3 is 79.1 Å². The Kier molecular flexibility index (Phi) is 10.8. The van der Waals surface area contributed by atoms with E-state index in [1.807, 2.05) is 0 Å². The van der Waals surface area contributed by atoms with Crippen LogP contribution in [0.15, 0.2) is 0 Å². The van der Waals surface area contributed by atoms with Crippen molar-refractivity contribution < 1.29 is 79.1 Å². The lowest BCUT2D eigenvalue weighted by atomic mass is 9.96. The van der Waals surface area contributed by atoms with Crippen molar-refractivity contribution in [2.75, 3.05) is 34.0 Å². The minimum absolute atomic E-state index is 0.163. The van der Waals surface area contributed by atoms with Gasteiger partial charge in [0, 0.05) is 14.2 Å². The van der Waals surface area contributed by atoms with Crippen molar-refractivity contribution in [1.29, 1.82) is 0 Å². The molecule has 0 radical (unpaired) electrons. The molecule has 3 fully saturated rings. The molecule has 3 heterocycles. The van der Waals surface area contributed by atoms with E-state index in [9.17, 15) is 46.0 Å². The van der Waals surface area contributed by atoms with Crippen LogP contribution >= 0.6 is 0 Å². The highest BCUT2D eigenvalue weighted by Gasteiger charge is 2.53. The van der Waals surface area contributed by atoms with Crippen molar-refractivity contribution >= 4 is 0 Å². The van der Waals surface area contributed by atoms with E-state index in [0.29, 0.717) is 0 Å². The predicted molar refractivity (Wildman–Crippen MR) is 111 cm³/mol. The molecule has 9 N–H and O–H groups in total. The molecule has 0 aromatic rings. The fourth-order valence-electron chi connectivity index (χ4n) is 4.39. The van der Waals surface area contributed by atoms with Gasteiger partial charge in [0.1, 0.15) is 73.2 Å². The molecule has 16 nitrogen and oxygen atoms in total. The molecule has 0 spiro atoms. The van der Waals surface area contributed by atoms with Gasteiger partial charge in [-0.15, -0.1) is 0 Å². The summed E-state index contributed by atoms with van der Waals surface area (Å²) in [6.07, 6.45) is -23.0. The Morgan fingerprint density at radius 3 is 1.39 bits per heavy atom. The van der Waals surface area contributed by atoms with Crippen LogP contribution in [0, 0.1) is 0 Å². The minimum Gasteiger partial charge on any atom is -0.394 e. The molecule has 0 aromatic carbocycles. The molecule has 3 unspecified atom stereocenters. The van der Waals surface area contributed by atoms with Crippen molar-refractivity contribution in [3.05, 3.63) is 0 Å². The molecule has 3 rings (SSSR count). The zero-order chi connectivity index (χ0) is 26.7. The predicted octanol–water partition coefficient (Wildman–Crippen LogP) is -6.26. The van der Waals surface area contributed by atoms with E-state index in [1.165, 1.54) is 14.2 Å². The standard InChI is InChI=1S/C20H36O16/c1-30-5-8-9(23)10(24)13(27)19(34-8)35-17-7(4-22)33-20(15(29)12(17)26)36-16-6(3-21)32-18(31-2)14(28)11(16)25/h6-29H,3-5H2,1-2H3/t6-,7-,8-,9-,10+,11-,12-,13-,14-,15-,16?,17?,18?,19-,20-/m1/s1. The van der Waals surface area contributed by atoms with Gasteiger partial charge in [-0.1, -0.05) is 0 Å². The van der Waals surface area contributed by atoms with Crippen LogP contribution in [0.3, 0.4) is 0 Å². The van der Waals surface area contributed by atoms with E-state index >= 15 is 0 Å². The van der Waals surface area contributed by atoms with E-state index < -0.39 is 105 Å². The van der Waals surface area contributed by atoms with Gasteiger partial charge in [-0.3, -0.25) is 0 Å². The monoisotopic (exact) mass is 532 g/mol. The Hall–Kier alpha value is -0.640. The normalized spacial score (nSPS) is 50.2. The summed E-state index contributed by atoms with van der Waals surface area (Å²) in [5.74, 6) is 0. The van der Waals surface area contributed by atoms with Gasteiger partial charge in [0.25, 0.3) is 0 Å². The Morgan fingerprint density at radius 1 is 0.528 bits per heavy atom. The number of ether oxygens (including phenoxy) is 7. The summed E-state index contributed by atoms with van der Waals surface area (Å²) in [4.78, 5) is 0. The lowest BCUT2D eigenvalue weighted by Gasteiger charge is -2.48. The molecule has 3 saturated heterocycles. The Labute approximate surface area is 206 Å². The fraction of sp³-hybridized carbons (Fsp3) is 1.00. The molecule has 0 saturated carbocycles. The third-order valence-corrected chi connectivity index (χ3v) is 6.46. The maximum Gasteiger partial charge on any atom is 0.187 e. The first-order valence-corrected chi connectivity index (χ1v) is 11.4. The summed E-state index contributed by atoms with van der Waals surface area (Å²) >= 11 is 0. The van der Waals surface area contributed by atoms with Gasteiger partial charge >= 0.3 is 0 Å². The highest BCUT2D eigenvalue weighted by molar-refractivity contribution is 4.96. The zero-order valence-corrected chi connectivity index (χ0v) is 19.7. The van der Waals surface area contributed by atoms with Crippen LogP contribution < -0.4 is 0 Å². The Bertz CT molecular complexity index is 668. The van der Waals surface area contributed by atoms with Crippen LogP contribution in [0.4, 0.5) is 0 Å². The van der Waals surface area contributed by atoms with Crippen molar-refractivity contribution in [2.24, 2.45) is 0 Å². The summed E-state index contributed by atoms with van der Waals surface area (Å²) in [7, 11) is 2.54. The lowest BCUT2D eigenvalue weighted by Crippen LogP contribution is -2.66. The second-order valence-corrected chi connectivity index (χ2v) is 8.82. The molecule has 36 heavy (non-hydrogen) atoms. The SMILES string of the molecule is COC[C@H]1O[C@H](OC2[C@@H](CO)O[C@H](OC3[C@@H](CO)OC(OC)[C@H](O)[C@H]3O)[C@H](O)[C@H]2O)[C@H](O)[C@@H](O)[C@@H]1O. The Morgan fingerprint density at radius 2 is 0.944 bits per heavy atom. The smallest absolute Gasteiger partial charge is 0.187 e. The summed E-state index contributed by atoms with van der Waals surface area (Å²) in [6, 6.07) is 0. The van der Waals surface area contributed by atoms with Crippen LogP contribution in [-0.4, -0.2) is 172 Å². The molecule has 3 aliphatic rings. The van der Waals surface area contributed by atoms with E-state index in [2.05, 4.69) is 0 Å². The van der Waals surface area contributed by atoms with E-state index in [-0.39, 0.29) is 6.61 Å². The first kappa shape index (κ1) is 29.9. The number of hydrogen-bond acceptors (Lipinski definition) is 16. The fourth-order valence-corrected chi connectivity index (χ4v) is 4.39. The average Bonchev–Trinajstić information content (AvgIpc) is 2.87. The van der Waals surface area contributed by atoms with Gasteiger partial charge in [-0.05, 0) is 0 Å². The summed E-state index contributed by atoms with van der Waals surface area (Å²) < 4.78 is 37.2. The molecule has 0 aliphatic carbocycles. The third-order valence-electron chi connectivity index (χ3n) is 6.46. The van der Waals surface area contributed by atoms with Gasteiger partial charge in [0.2, 0.25) is 0 Å². The van der Waals surface area contributed by atoms with Crippen LogP contribution in [0.2, 0.25) is 0 Å². The number of aliphatic hydroxyl groups is 9. The molecule has 0 bridgehead atoms. The largest absolute Gasteiger partial charge is 0.394 e. The molecule has 0 amide bonds. The first-order chi connectivity index (χ1) is 17.1. The van der Waals surface area contributed by atoms with Gasteiger partial charge in [-0.25, -0.2) is 0 Å². The van der Waals surface area contributed by atoms with Gasteiger partial charge in [-0.2, -0.15) is 0 Å². The van der Waals surface area contributed by atoms with Crippen LogP contribution in [0.5, 0.6) is 0 Å². The number of methoxy groups -OCH3 is 2. The summed E-state index contributed by atoms with van der Waals surface area (Å²) in [5, 5.41) is 91.9. The highest BCUT2D eigenvalue weighted by atomic mass is 16.8.